The van der Waals surface area contributed by atoms with Gasteiger partial charge < -0.3 is 19.7 Å². The van der Waals surface area contributed by atoms with E-state index < -0.39 is 26.5 Å². The molecule has 0 saturated carbocycles. The number of unbranched alkanes of at least 4 members (excludes halogenated alkanes) is 19. The summed E-state index contributed by atoms with van der Waals surface area (Å²) in [6.45, 7) is 4.18. The maximum absolute atomic E-state index is 12.5. The normalized spacial score (nSPS) is 13.6. The summed E-state index contributed by atoms with van der Waals surface area (Å²) in [7, 11) is -2.64. The predicted octanol–water partition coefficient (Wildman–Crippen LogP) is 9.75. The number of hydrogen-bond acceptors (Lipinski definition) is 8. The molecule has 0 fully saturated rings. The van der Waals surface area contributed by atoms with Crippen LogP contribution in [0.2, 0.25) is 0 Å². The number of carbonyl (C=O) groups is 2. The van der Waals surface area contributed by atoms with Gasteiger partial charge in [-0.15, -0.1) is 0 Å². The molecule has 46 heavy (non-hydrogen) atoms. The topological polar surface area (TPSA) is 120 Å². The van der Waals surface area contributed by atoms with Crippen molar-refractivity contribution in [1.82, 2.24) is 5.32 Å². The third-order valence-electron chi connectivity index (χ3n) is 7.89. The third kappa shape index (κ3) is 32.7. The molecule has 0 heterocycles. The summed E-state index contributed by atoms with van der Waals surface area (Å²) in [6.07, 6.45) is 29.7. The van der Waals surface area contributed by atoms with Crippen molar-refractivity contribution < 1.29 is 37.6 Å². The van der Waals surface area contributed by atoms with Gasteiger partial charge in [0, 0.05) is 19.4 Å². The minimum absolute atomic E-state index is 0.0155. The van der Waals surface area contributed by atoms with E-state index in [9.17, 15) is 19.0 Å². The van der Waals surface area contributed by atoms with Crippen molar-refractivity contribution in [2.45, 2.75) is 174 Å². The Kier molecular flexibility index (Phi) is 32.7. The number of nitrogens with one attached hydrogen (secondary N) is 1. The largest absolute Gasteiger partial charge is 0.472 e. The van der Waals surface area contributed by atoms with E-state index in [1.807, 2.05) is 0 Å². The second kappa shape index (κ2) is 33.6. The summed E-state index contributed by atoms with van der Waals surface area (Å²) < 4.78 is 33.0. The van der Waals surface area contributed by atoms with Crippen molar-refractivity contribution in [2.24, 2.45) is 0 Å². The fraction of sp³-hybridized carbons (Fsp3) is 0.889. The lowest BCUT2D eigenvalue weighted by Crippen LogP contribution is -2.29. The molecule has 2 atom stereocenters. The van der Waals surface area contributed by atoms with Crippen LogP contribution in [0, 0.1) is 0 Å². The molecule has 272 valence electrons. The fourth-order valence-electron chi connectivity index (χ4n) is 5.02. The molecular formula is C36H70NO8P. The van der Waals surface area contributed by atoms with Crippen LogP contribution in [0.5, 0.6) is 0 Å². The Morgan fingerprint density at radius 1 is 0.652 bits per heavy atom. The van der Waals surface area contributed by atoms with E-state index in [4.69, 9.17) is 18.5 Å². The minimum Gasteiger partial charge on any atom is -0.462 e. The molecule has 1 unspecified atom stereocenters. The van der Waals surface area contributed by atoms with Crippen molar-refractivity contribution in [3.05, 3.63) is 12.2 Å². The van der Waals surface area contributed by atoms with Crippen LogP contribution < -0.4 is 5.32 Å². The maximum Gasteiger partial charge on any atom is 0.472 e. The first-order valence-corrected chi connectivity index (χ1v) is 20.1. The Labute approximate surface area is 281 Å². The molecule has 0 rings (SSSR count). The van der Waals surface area contributed by atoms with Gasteiger partial charge in [-0.05, 0) is 45.6 Å². The van der Waals surface area contributed by atoms with Gasteiger partial charge in [0.15, 0.2) is 6.10 Å². The highest BCUT2D eigenvalue weighted by Gasteiger charge is 2.26. The fourth-order valence-corrected chi connectivity index (χ4v) is 5.77. The summed E-state index contributed by atoms with van der Waals surface area (Å²) >= 11 is 0. The zero-order valence-corrected chi connectivity index (χ0v) is 30.7. The Hall–Kier alpha value is -1.25. The van der Waals surface area contributed by atoms with Gasteiger partial charge in [0.05, 0.1) is 13.2 Å². The van der Waals surface area contributed by atoms with Crippen LogP contribution in [-0.2, 0) is 32.7 Å². The Morgan fingerprint density at radius 2 is 1.11 bits per heavy atom. The van der Waals surface area contributed by atoms with Crippen molar-refractivity contribution >= 4 is 19.8 Å². The Morgan fingerprint density at radius 3 is 1.63 bits per heavy atom. The van der Waals surface area contributed by atoms with Crippen LogP contribution in [0.3, 0.4) is 0 Å². The van der Waals surface area contributed by atoms with E-state index in [0.717, 1.165) is 51.4 Å². The number of rotatable bonds is 35. The molecule has 0 amide bonds. The van der Waals surface area contributed by atoms with Crippen LogP contribution in [0.15, 0.2) is 12.2 Å². The van der Waals surface area contributed by atoms with Crippen LogP contribution in [0.1, 0.15) is 168 Å². The van der Waals surface area contributed by atoms with E-state index >= 15 is 0 Å². The van der Waals surface area contributed by atoms with Crippen LogP contribution in [-0.4, -0.2) is 56.3 Å². The quantitative estimate of drug-likeness (QED) is 0.0293. The SMILES string of the molecule is CCCCCC/C=C\CCCCCCCC(=O)OC[C@H](COP(=O)(O)OCCNC)OC(=O)CCCCCCCCCCCCC. The monoisotopic (exact) mass is 675 g/mol. The lowest BCUT2D eigenvalue weighted by Gasteiger charge is -2.20. The predicted molar refractivity (Wildman–Crippen MR) is 188 cm³/mol. The second-order valence-corrected chi connectivity index (χ2v) is 13.9. The number of carbonyl (C=O) groups excluding carboxylic acids is 2. The molecule has 0 bridgehead atoms. The Balaban J connectivity index is 4.31. The molecule has 0 saturated heterocycles. The number of hydrogen-bond donors (Lipinski definition) is 2. The first kappa shape index (κ1) is 44.8. The summed E-state index contributed by atoms with van der Waals surface area (Å²) in [5, 5.41) is 2.81. The Bertz CT molecular complexity index is 779. The second-order valence-electron chi connectivity index (χ2n) is 12.4. The average molecular weight is 676 g/mol. The number of allylic oxidation sites excluding steroid dienone is 2. The smallest absolute Gasteiger partial charge is 0.462 e. The number of phosphoric ester groups is 1. The molecule has 0 aliphatic rings. The maximum atomic E-state index is 12.5. The van der Waals surface area contributed by atoms with Crippen LogP contribution >= 0.6 is 7.82 Å². The van der Waals surface area contributed by atoms with Gasteiger partial charge in [-0.2, -0.15) is 0 Å². The van der Waals surface area contributed by atoms with Crippen molar-refractivity contribution in [3.8, 4) is 0 Å². The molecule has 9 nitrogen and oxygen atoms in total. The molecular weight excluding hydrogens is 605 g/mol. The van der Waals surface area contributed by atoms with Gasteiger partial charge >= 0.3 is 19.8 Å². The van der Waals surface area contributed by atoms with E-state index in [1.54, 1.807) is 7.05 Å². The number of ether oxygens (including phenoxy) is 2. The molecule has 2 N–H and O–H groups in total. The van der Waals surface area contributed by atoms with Crippen LogP contribution in [0.4, 0.5) is 0 Å². The number of phosphoric acid groups is 1. The molecule has 0 radical (unpaired) electrons. The molecule has 0 aromatic heterocycles. The van der Waals surface area contributed by atoms with E-state index in [2.05, 4.69) is 31.3 Å². The van der Waals surface area contributed by atoms with Gasteiger partial charge in [0.1, 0.15) is 6.61 Å². The summed E-state index contributed by atoms with van der Waals surface area (Å²) in [5.41, 5.74) is 0. The van der Waals surface area contributed by atoms with Gasteiger partial charge in [-0.3, -0.25) is 18.6 Å². The molecule has 0 aliphatic heterocycles. The zero-order chi connectivity index (χ0) is 34.0. The highest BCUT2D eigenvalue weighted by Crippen LogP contribution is 2.43. The highest BCUT2D eigenvalue weighted by atomic mass is 31.2. The first-order valence-electron chi connectivity index (χ1n) is 18.6. The van der Waals surface area contributed by atoms with Crippen molar-refractivity contribution in [1.29, 1.82) is 0 Å². The van der Waals surface area contributed by atoms with Crippen molar-refractivity contribution in [2.75, 3.05) is 33.4 Å². The zero-order valence-electron chi connectivity index (χ0n) is 29.8. The van der Waals surface area contributed by atoms with E-state index in [0.29, 0.717) is 13.0 Å². The summed E-state index contributed by atoms with van der Waals surface area (Å²) in [5.74, 6) is -0.814. The van der Waals surface area contributed by atoms with E-state index in [-0.39, 0.29) is 32.0 Å². The molecule has 0 aromatic carbocycles. The lowest BCUT2D eigenvalue weighted by atomic mass is 10.1. The minimum atomic E-state index is -4.33. The first-order chi connectivity index (χ1) is 22.3. The van der Waals surface area contributed by atoms with Gasteiger partial charge in [-0.1, -0.05) is 129 Å². The van der Waals surface area contributed by atoms with Gasteiger partial charge in [0.25, 0.3) is 0 Å². The summed E-state index contributed by atoms with van der Waals surface area (Å²) in [6, 6.07) is 0. The molecule has 0 aliphatic carbocycles. The number of likely N-dealkylation sites (N-methyl/N-ethyl adjacent to an activating group) is 1. The third-order valence-corrected chi connectivity index (χ3v) is 8.87. The molecule has 0 aromatic rings. The molecule has 10 heteroatoms. The van der Waals surface area contributed by atoms with Crippen molar-refractivity contribution in [3.63, 3.8) is 0 Å². The highest BCUT2D eigenvalue weighted by molar-refractivity contribution is 7.47. The van der Waals surface area contributed by atoms with E-state index in [1.165, 1.54) is 83.5 Å². The average Bonchev–Trinajstić information content (AvgIpc) is 3.03. The standard InChI is InChI=1S/C36H70NO8P/c1-4-6-8-10-12-14-16-17-19-20-22-24-26-28-35(38)42-32-34(33-44-46(40,41)43-31-30-37-3)45-36(39)29-27-25-23-21-18-15-13-11-9-7-5-2/h14,16,34,37H,4-13,15,17-33H2,1-3H3,(H,40,41)/b16-14-/t34-/m1/s1. The lowest BCUT2D eigenvalue weighted by molar-refractivity contribution is -0.161. The summed E-state index contributed by atoms with van der Waals surface area (Å²) in [4.78, 5) is 34.8. The van der Waals surface area contributed by atoms with Gasteiger partial charge in [-0.25, -0.2) is 4.57 Å². The van der Waals surface area contributed by atoms with Crippen LogP contribution in [0.25, 0.3) is 0 Å². The molecule has 0 spiro atoms. The number of esters is 2. The van der Waals surface area contributed by atoms with Gasteiger partial charge in [0.2, 0.25) is 0 Å².